The number of nitrogens with one attached hydrogen (secondary N) is 2. The maximum absolute atomic E-state index is 8.08. The minimum absolute atomic E-state index is 0.537. The molecule has 4 N–H and O–H groups in total. The van der Waals surface area contributed by atoms with Crippen molar-refractivity contribution in [3.05, 3.63) is 29.8 Å². The number of nitrogens with zero attached hydrogens (tertiary/aromatic N) is 1. The van der Waals surface area contributed by atoms with E-state index in [-0.39, 0.29) is 0 Å². The number of rotatable bonds is 1. The maximum Gasteiger partial charge on any atom is 0.130 e. The molecule has 0 amide bonds. The van der Waals surface area contributed by atoms with Gasteiger partial charge in [0.15, 0.2) is 0 Å². The molecule has 1 aromatic rings. The van der Waals surface area contributed by atoms with Crippen LogP contribution in [0.25, 0.3) is 0 Å². The molecule has 2 rings (SSSR count). The van der Waals surface area contributed by atoms with Gasteiger partial charge in [0.1, 0.15) is 5.84 Å². The van der Waals surface area contributed by atoms with Gasteiger partial charge in [0.2, 0.25) is 0 Å². The smallest absolute Gasteiger partial charge is 0.130 e. The summed E-state index contributed by atoms with van der Waals surface area (Å²) in [5.41, 5.74) is 7.36. The van der Waals surface area contributed by atoms with Gasteiger partial charge in [-0.05, 0) is 12.1 Å². The van der Waals surface area contributed by atoms with E-state index in [2.05, 4.69) is 10.2 Å². The number of para-hydroxylation sites is 1. The highest BCUT2D eigenvalue weighted by Crippen LogP contribution is 2.13. The summed E-state index contributed by atoms with van der Waals surface area (Å²) in [6.45, 7) is 3.64. The zero-order chi connectivity index (χ0) is 10.7. The molecule has 4 heteroatoms. The number of hydrogen-bond acceptors (Lipinski definition) is 3. The number of nitrogen functional groups attached to an aromatic ring is 1. The predicted molar refractivity (Wildman–Crippen MR) is 62.1 cm³/mol. The summed E-state index contributed by atoms with van der Waals surface area (Å²) >= 11 is 0. The number of benzene rings is 1. The molecule has 15 heavy (non-hydrogen) atoms. The molecule has 0 aliphatic carbocycles. The van der Waals surface area contributed by atoms with Gasteiger partial charge >= 0.3 is 0 Å². The summed E-state index contributed by atoms with van der Waals surface area (Å²) in [4.78, 5) is 2.06. The Balaban J connectivity index is 2.16. The normalized spacial score (nSPS) is 16.4. The van der Waals surface area contributed by atoms with Gasteiger partial charge in [0.25, 0.3) is 0 Å². The van der Waals surface area contributed by atoms with E-state index in [9.17, 15) is 0 Å². The lowest BCUT2D eigenvalue weighted by Crippen LogP contribution is -2.46. The fourth-order valence-corrected chi connectivity index (χ4v) is 1.77. The lowest BCUT2D eigenvalue weighted by molar-refractivity contribution is 0.356. The molecule has 0 atom stereocenters. The van der Waals surface area contributed by atoms with Crippen molar-refractivity contribution >= 4 is 11.5 Å². The summed E-state index contributed by atoms with van der Waals surface area (Å²) in [6.07, 6.45) is 0. The highest BCUT2D eigenvalue weighted by molar-refractivity contribution is 6.00. The first-order valence-electron chi connectivity index (χ1n) is 5.18. The molecule has 1 aromatic carbocycles. The molecule has 0 unspecified atom stereocenters. The van der Waals surface area contributed by atoms with E-state index in [4.69, 9.17) is 11.1 Å². The SMILES string of the molecule is N=C(c1ccccc1N)N1CCNCC1. The van der Waals surface area contributed by atoms with Crippen molar-refractivity contribution in [2.75, 3.05) is 31.9 Å². The average Bonchev–Trinajstić information content (AvgIpc) is 2.30. The first-order valence-corrected chi connectivity index (χ1v) is 5.18. The quantitative estimate of drug-likeness (QED) is 0.354. The van der Waals surface area contributed by atoms with Gasteiger partial charge in [-0.25, -0.2) is 0 Å². The molecular formula is C11H16N4. The van der Waals surface area contributed by atoms with E-state index < -0.39 is 0 Å². The second kappa shape index (κ2) is 4.31. The number of piperazine rings is 1. The van der Waals surface area contributed by atoms with Crippen LogP contribution in [0.2, 0.25) is 0 Å². The van der Waals surface area contributed by atoms with Crippen LogP contribution in [0.1, 0.15) is 5.56 Å². The lowest BCUT2D eigenvalue weighted by atomic mass is 10.1. The molecule has 0 bridgehead atoms. The van der Waals surface area contributed by atoms with Crippen molar-refractivity contribution in [1.82, 2.24) is 10.2 Å². The van der Waals surface area contributed by atoms with Gasteiger partial charge in [0, 0.05) is 37.4 Å². The highest BCUT2D eigenvalue weighted by Gasteiger charge is 2.15. The van der Waals surface area contributed by atoms with E-state index in [1.165, 1.54) is 0 Å². The third-order valence-corrected chi connectivity index (χ3v) is 2.65. The van der Waals surface area contributed by atoms with E-state index in [0.717, 1.165) is 31.7 Å². The van der Waals surface area contributed by atoms with Gasteiger partial charge < -0.3 is 16.0 Å². The Hall–Kier alpha value is -1.55. The van der Waals surface area contributed by atoms with Crippen molar-refractivity contribution in [1.29, 1.82) is 5.41 Å². The maximum atomic E-state index is 8.08. The predicted octanol–water partition coefficient (Wildman–Crippen LogP) is 0.499. The van der Waals surface area contributed by atoms with Crippen LogP contribution < -0.4 is 11.1 Å². The lowest BCUT2D eigenvalue weighted by Gasteiger charge is -2.30. The fraction of sp³-hybridized carbons (Fsp3) is 0.364. The van der Waals surface area contributed by atoms with Crippen molar-refractivity contribution in [2.45, 2.75) is 0 Å². The largest absolute Gasteiger partial charge is 0.398 e. The molecule has 1 saturated heterocycles. The van der Waals surface area contributed by atoms with Crippen LogP contribution in [0.3, 0.4) is 0 Å². The molecule has 0 aromatic heterocycles. The molecule has 4 nitrogen and oxygen atoms in total. The third-order valence-electron chi connectivity index (χ3n) is 2.65. The number of nitrogens with two attached hydrogens (primary N) is 1. The zero-order valence-corrected chi connectivity index (χ0v) is 8.66. The van der Waals surface area contributed by atoms with Crippen molar-refractivity contribution in [3.8, 4) is 0 Å². The van der Waals surface area contributed by atoms with Gasteiger partial charge in [-0.2, -0.15) is 0 Å². The van der Waals surface area contributed by atoms with E-state index >= 15 is 0 Å². The van der Waals surface area contributed by atoms with Crippen LogP contribution in [-0.2, 0) is 0 Å². The first-order chi connectivity index (χ1) is 7.29. The Bertz CT molecular complexity index is 355. The molecule has 1 heterocycles. The molecule has 0 saturated carbocycles. The van der Waals surface area contributed by atoms with Crippen LogP contribution in [-0.4, -0.2) is 36.9 Å². The fourth-order valence-electron chi connectivity index (χ4n) is 1.77. The topological polar surface area (TPSA) is 65.1 Å². The van der Waals surface area contributed by atoms with E-state index in [1.54, 1.807) is 0 Å². The van der Waals surface area contributed by atoms with E-state index in [0.29, 0.717) is 11.5 Å². The monoisotopic (exact) mass is 204 g/mol. The highest BCUT2D eigenvalue weighted by atomic mass is 15.2. The summed E-state index contributed by atoms with van der Waals surface area (Å²) in [7, 11) is 0. The Labute approximate surface area is 89.6 Å². The third kappa shape index (κ3) is 2.10. The van der Waals surface area contributed by atoms with E-state index in [1.807, 2.05) is 24.3 Å². The van der Waals surface area contributed by atoms with Crippen LogP contribution >= 0.6 is 0 Å². The molecule has 1 aliphatic rings. The van der Waals surface area contributed by atoms with Crippen LogP contribution in [0.4, 0.5) is 5.69 Å². The zero-order valence-electron chi connectivity index (χ0n) is 8.66. The Kier molecular flexibility index (Phi) is 2.87. The molecule has 80 valence electrons. The number of amidine groups is 1. The molecule has 0 spiro atoms. The second-order valence-corrected chi connectivity index (χ2v) is 3.67. The first kappa shape index (κ1) is 9.98. The summed E-state index contributed by atoms with van der Waals surface area (Å²) in [5.74, 6) is 0.537. The minimum atomic E-state index is 0.537. The number of anilines is 1. The standard InChI is InChI=1S/C11H16N4/c12-10-4-2-1-3-9(10)11(13)15-7-5-14-6-8-15/h1-4,13-14H,5-8,12H2. The Morgan fingerprint density at radius 3 is 2.60 bits per heavy atom. The van der Waals surface area contributed by atoms with Gasteiger partial charge in [-0.1, -0.05) is 12.1 Å². The summed E-state index contributed by atoms with van der Waals surface area (Å²) in [5, 5.41) is 11.3. The average molecular weight is 204 g/mol. The van der Waals surface area contributed by atoms with Crippen LogP contribution in [0, 0.1) is 5.41 Å². The van der Waals surface area contributed by atoms with Gasteiger partial charge in [0.05, 0.1) is 0 Å². The second-order valence-electron chi connectivity index (χ2n) is 3.67. The molecular weight excluding hydrogens is 188 g/mol. The molecule has 1 fully saturated rings. The van der Waals surface area contributed by atoms with Gasteiger partial charge in [-0.15, -0.1) is 0 Å². The summed E-state index contributed by atoms with van der Waals surface area (Å²) < 4.78 is 0. The van der Waals surface area contributed by atoms with Crippen LogP contribution in [0.5, 0.6) is 0 Å². The number of hydrogen-bond donors (Lipinski definition) is 3. The Morgan fingerprint density at radius 1 is 1.27 bits per heavy atom. The molecule has 0 radical (unpaired) electrons. The van der Waals surface area contributed by atoms with Crippen molar-refractivity contribution in [2.24, 2.45) is 0 Å². The summed E-state index contributed by atoms with van der Waals surface area (Å²) in [6, 6.07) is 7.55. The Morgan fingerprint density at radius 2 is 1.93 bits per heavy atom. The minimum Gasteiger partial charge on any atom is -0.398 e. The van der Waals surface area contributed by atoms with Crippen LogP contribution in [0.15, 0.2) is 24.3 Å². The van der Waals surface area contributed by atoms with Crippen molar-refractivity contribution in [3.63, 3.8) is 0 Å². The van der Waals surface area contributed by atoms with Crippen molar-refractivity contribution < 1.29 is 0 Å². The molecule has 1 aliphatic heterocycles. The van der Waals surface area contributed by atoms with Gasteiger partial charge in [-0.3, -0.25) is 5.41 Å².